The quantitative estimate of drug-likeness (QED) is 0.370. The largest absolute Gasteiger partial charge is 0.417 e. The molecule has 0 spiro atoms. The molecule has 2 aromatic carbocycles. The first kappa shape index (κ1) is 26.3. The zero-order valence-corrected chi connectivity index (χ0v) is 19.3. The second-order valence-corrected chi connectivity index (χ2v) is 10.2. The zero-order valence-electron chi connectivity index (χ0n) is 17.0. The predicted molar refractivity (Wildman–Crippen MR) is 119 cm³/mol. The van der Waals surface area contributed by atoms with E-state index >= 15 is 0 Å². The van der Waals surface area contributed by atoms with Gasteiger partial charge >= 0.3 is 6.18 Å². The molecule has 0 aliphatic carbocycles. The highest BCUT2D eigenvalue weighted by molar-refractivity contribution is 7.98. The number of rotatable bonds is 10. The van der Waals surface area contributed by atoms with Crippen molar-refractivity contribution in [2.24, 2.45) is 0 Å². The van der Waals surface area contributed by atoms with Gasteiger partial charge < -0.3 is 5.32 Å². The zero-order chi connectivity index (χ0) is 23.9. The van der Waals surface area contributed by atoms with E-state index < -0.39 is 39.2 Å². The summed E-state index contributed by atoms with van der Waals surface area (Å²) in [5.41, 5.74) is -0.941. The maximum atomic E-state index is 13.5. The van der Waals surface area contributed by atoms with E-state index in [1.165, 1.54) is 17.8 Å². The number of nitrogens with one attached hydrogen (secondary N) is 1. The Hall–Kier alpha value is -1.98. The Labute approximate surface area is 193 Å². The average Bonchev–Trinajstić information content (AvgIpc) is 2.69. The molecule has 2 aromatic rings. The van der Waals surface area contributed by atoms with Gasteiger partial charge in [-0.05, 0) is 42.0 Å². The Kier molecular flexibility index (Phi) is 9.23. The topological polar surface area (TPSA) is 66.5 Å². The van der Waals surface area contributed by atoms with Crippen LogP contribution in [0.15, 0.2) is 42.5 Å². The molecule has 176 valence electrons. The number of anilines is 1. The summed E-state index contributed by atoms with van der Waals surface area (Å²) in [6.07, 6.45) is -3.44. The number of hydrogen-bond donors (Lipinski definition) is 1. The molecule has 1 amide bonds. The summed E-state index contributed by atoms with van der Waals surface area (Å²) in [5.74, 6) is 0.139. The van der Waals surface area contributed by atoms with Crippen molar-refractivity contribution in [3.05, 3.63) is 64.4 Å². The van der Waals surface area contributed by atoms with Crippen molar-refractivity contribution in [3.63, 3.8) is 0 Å². The SMILES string of the molecule is CS(=O)(=O)N(CC(=O)NCCCSCc1ccccc1F)c1ccc(Cl)c(C(F)(F)F)c1. The third kappa shape index (κ3) is 7.86. The number of thioether (sulfide) groups is 1. The number of nitrogens with zero attached hydrogens (tertiary/aromatic N) is 1. The number of alkyl halides is 3. The maximum absolute atomic E-state index is 13.5. The predicted octanol–water partition coefficient (Wildman–Crippen LogP) is 4.70. The lowest BCUT2D eigenvalue weighted by Crippen LogP contribution is -2.40. The number of amides is 1. The number of carbonyl (C=O) groups is 1. The Morgan fingerprint density at radius 2 is 1.88 bits per heavy atom. The molecule has 0 saturated carbocycles. The van der Waals surface area contributed by atoms with Crippen molar-refractivity contribution in [1.82, 2.24) is 5.32 Å². The summed E-state index contributed by atoms with van der Waals surface area (Å²) >= 11 is 7.05. The fourth-order valence-electron chi connectivity index (χ4n) is 2.67. The van der Waals surface area contributed by atoms with Gasteiger partial charge in [0.2, 0.25) is 15.9 Å². The van der Waals surface area contributed by atoms with Crippen LogP contribution >= 0.6 is 23.4 Å². The molecule has 0 unspecified atom stereocenters. The van der Waals surface area contributed by atoms with Gasteiger partial charge in [-0.3, -0.25) is 9.10 Å². The van der Waals surface area contributed by atoms with E-state index in [2.05, 4.69) is 5.32 Å². The lowest BCUT2D eigenvalue weighted by atomic mass is 10.2. The average molecular weight is 513 g/mol. The van der Waals surface area contributed by atoms with E-state index in [0.717, 1.165) is 18.4 Å². The molecule has 12 heteroatoms. The number of halogens is 5. The van der Waals surface area contributed by atoms with E-state index in [1.807, 2.05) is 0 Å². The van der Waals surface area contributed by atoms with Crippen molar-refractivity contribution in [3.8, 4) is 0 Å². The normalized spacial score (nSPS) is 11.9. The standard InChI is InChI=1S/C20H21ClF4N2O3S2/c1-32(29,30)27(15-7-8-17(21)16(11-15)20(23,24)25)12-19(28)26-9-4-10-31-13-14-5-2-3-6-18(14)22/h2-3,5-8,11H,4,9-10,12-13H2,1H3,(H,26,28). The highest BCUT2D eigenvalue weighted by Gasteiger charge is 2.34. The number of hydrogen-bond acceptors (Lipinski definition) is 4. The van der Waals surface area contributed by atoms with Crippen LogP contribution in [0.4, 0.5) is 23.2 Å². The van der Waals surface area contributed by atoms with E-state index in [9.17, 15) is 30.8 Å². The Bertz CT molecular complexity index is 1050. The van der Waals surface area contributed by atoms with Crippen LogP contribution < -0.4 is 9.62 Å². The van der Waals surface area contributed by atoms with Gasteiger partial charge in [0.15, 0.2) is 0 Å². The van der Waals surface area contributed by atoms with Gasteiger partial charge in [-0.1, -0.05) is 29.8 Å². The van der Waals surface area contributed by atoms with Gasteiger partial charge in [-0.25, -0.2) is 12.8 Å². The highest BCUT2D eigenvalue weighted by Crippen LogP contribution is 2.37. The van der Waals surface area contributed by atoms with Gasteiger partial charge in [0.25, 0.3) is 0 Å². The fourth-order valence-corrected chi connectivity index (χ4v) is 4.69. The van der Waals surface area contributed by atoms with Gasteiger partial charge in [0.1, 0.15) is 12.4 Å². The second kappa shape index (κ2) is 11.2. The minimum Gasteiger partial charge on any atom is -0.354 e. The minimum atomic E-state index is -4.78. The summed E-state index contributed by atoms with van der Waals surface area (Å²) in [6.45, 7) is -0.449. The Morgan fingerprint density at radius 3 is 2.50 bits per heavy atom. The monoisotopic (exact) mass is 512 g/mol. The van der Waals surface area contributed by atoms with E-state index in [0.29, 0.717) is 33.9 Å². The Balaban J connectivity index is 1.91. The van der Waals surface area contributed by atoms with Crippen LogP contribution in [0.2, 0.25) is 5.02 Å². The van der Waals surface area contributed by atoms with Crippen LogP contribution in [-0.2, 0) is 26.7 Å². The number of benzene rings is 2. The molecule has 2 rings (SSSR count). The van der Waals surface area contributed by atoms with Gasteiger partial charge in [0.05, 0.1) is 22.5 Å². The molecule has 32 heavy (non-hydrogen) atoms. The molecule has 0 saturated heterocycles. The molecule has 1 N–H and O–H groups in total. The van der Waals surface area contributed by atoms with Crippen molar-refractivity contribution < 1.29 is 30.8 Å². The lowest BCUT2D eigenvalue weighted by molar-refractivity contribution is -0.137. The smallest absolute Gasteiger partial charge is 0.354 e. The first-order valence-corrected chi connectivity index (χ1v) is 12.7. The third-order valence-corrected chi connectivity index (χ3v) is 6.80. The van der Waals surface area contributed by atoms with Gasteiger partial charge in [-0.2, -0.15) is 24.9 Å². The molecule has 0 fully saturated rings. The van der Waals surface area contributed by atoms with Crippen LogP contribution in [0.25, 0.3) is 0 Å². The molecule has 0 radical (unpaired) electrons. The molecule has 0 atom stereocenters. The molecule has 0 heterocycles. The summed E-state index contributed by atoms with van der Waals surface area (Å²) in [4.78, 5) is 12.2. The van der Waals surface area contributed by atoms with E-state index in [4.69, 9.17) is 11.6 Å². The van der Waals surface area contributed by atoms with Crippen LogP contribution in [0.5, 0.6) is 0 Å². The minimum absolute atomic E-state index is 0.231. The maximum Gasteiger partial charge on any atom is 0.417 e. The summed E-state index contributed by atoms with van der Waals surface area (Å²) < 4.78 is 77.6. The van der Waals surface area contributed by atoms with Crippen molar-refractivity contribution in [2.75, 3.05) is 29.4 Å². The fraction of sp³-hybridized carbons (Fsp3) is 0.350. The molecule has 0 aromatic heterocycles. The molecule has 0 bridgehead atoms. The third-order valence-electron chi connectivity index (χ3n) is 4.23. The second-order valence-electron chi connectivity index (χ2n) is 6.78. The highest BCUT2D eigenvalue weighted by atomic mass is 35.5. The number of sulfonamides is 1. The first-order valence-electron chi connectivity index (χ1n) is 9.32. The molecule has 0 aliphatic rings. The summed E-state index contributed by atoms with van der Waals surface area (Å²) in [5, 5.41) is 1.96. The molecular weight excluding hydrogens is 492 g/mol. The van der Waals surface area contributed by atoms with Crippen LogP contribution in [0.1, 0.15) is 17.5 Å². The van der Waals surface area contributed by atoms with Crippen molar-refractivity contribution >= 4 is 45.0 Å². The van der Waals surface area contributed by atoms with Crippen LogP contribution in [0.3, 0.4) is 0 Å². The summed E-state index contributed by atoms with van der Waals surface area (Å²) in [7, 11) is -4.04. The molecule has 0 aliphatic heterocycles. The van der Waals surface area contributed by atoms with Crippen molar-refractivity contribution in [2.45, 2.75) is 18.3 Å². The van der Waals surface area contributed by atoms with Crippen LogP contribution in [-0.4, -0.2) is 39.4 Å². The number of carbonyl (C=O) groups excluding carboxylic acids is 1. The van der Waals surface area contributed by atoms with Gasteiger partial charge in [0, 0.05) is 12.3 Å². The van der Waals surface area contributed by atoms with E-state index in [-0.39, 0.29) is 18.0 Å². The molecular formula is C20H21ClF4N2O3S2. The lowest BCUT2D eigenvalue weighted by Gasteiger charge is -2.23. The Morgan fingerprint density at radius 1 is 1.19 bits per heavy atom. The summed E-state index contributed by atoms with van der Waals surface area (Å²) in [6, 6.07) is 9.04. The van der Waals surface area contributed by atoms with E-state index in [1.54, 1.807) is 18.2 Å². The molecule has 5 nitrogen and oxygen atoms in total. The van der Waals surface area contributed by atoms with Crippen molar-refractivity contribution in [1.29, 1.82) is 0 Å². The van der Waals surface area contributed by atoms with Crippen LogP contribution in [0, 0.1) is 5.82 Å². The van der Waals surface area contributed by atoms with Gasteiger partial charge in [-0.15, -0.1) is 0 Å². The first-order chi connectivity index (χ1) is 14.9.